The summed E-state index contributed by atoms with van der Waals surface area (Å²) in [6.07, 6.45) is 0. The molecule has 0 fully saturated rings. The van der Waals surface area contributed by atoms with Gasteiger partial charge in [0.2, 0.25) is 5.88 Å². The molecular weight excluding hydrogens is 411 g/mol. The predicted octanol–water partition coefficient (Wildman–Crippen LogP) is 3.96. The average Bonchev–Trinajstić information content (AvgIpc) is 2.72. The molecule has 0 spiro atoms. The summed E-state index contributed by atoms with van der Waals surface area (Å²) in [5.74, 6) is 0.589. The van der Waals surface area contributed by atoms with E-state index in [0.717, 1.165) is 9.26 Å². The molecule has 1 aromatic heterocycles. The first-order chi connectivity index (χ1) is 10.0. The van der Waals surface area contributed by atoms with Gasteiger partial charge in [-0.15, -0.1) is 5.10 Å². The molecule has 0 radical (unpaired) electrons. The molecule has 1 atom stereocenters. The number of rotatable bonds is 7. The Balaban J connectivity index is 2.90. The molecule has 0 amide bonds. The maximum atomic E-state index is 9.63. The lowest BCUT2D eigenvalue weighted by molar-refractivity contribution is 0.211. The minimum atomic E-state index is -1.79. The molecule has 5 nitrogen and oxygen atoms in total. The molecule has 0 saturated carbocycles. The van der Waals surface area contributed by atoms with Gasteiger partial charge in [0.15, 0.2) is 8.32 Å². The third-order valence-electron chi connectivity index (χ3n) is 4.26. The SMILES string of the molecule is CCOc1nn([C@@H](C)CO[Si](C)(C)C(C)(C)C)c(CO)c1I. The van der Waals surface area contributed by atoms with Gasteiger partial charge < -0.3 is 14.3 Å². The van der Waals surface area contributed by atoms with Crippen LogP contribution < -0.4 is 4.74 Å². The number of aliphatic hydroxyl groups is 1. The second kappa shape index (κ2) is 7.63. The van der Waals surface area contributed by atoms with Crippen LogP contribution in [0.3, 0.4) is 0 Å². The van der Waals surface area contributed by atoms with Crippen molar-refractivity contribution in [2.24, 2.45) is 0 Å². The van der Waals surface area contributed by atoms with Crippen LogP contribution >= 0.6 is 22.6 Å². The molecule has 7 heteroatoms. The maximum absolute atomic E-state index is 9.63. The fourth-order valence-corrected chi connectivity index (χ4v) is 3.55. The summed E-state index contributed by atoms with van der Waals surface area (Å²) < 4.78 is 14.5. The van der Waals surface area contributed by atoms with E-state index in [1.165, 1.54) is 0 Å². The number of nitrogens with zero attached hydrogens (tertiary/aromatic N) is 2. The molecule has 0 unspecified atom stereocenters. The fraction of sp³-hybridized carbons (Fsp3) is 0.800. The van der Waals surface area contributed by atoms with Crippen LogP contribution in [0.5, 0.6) is 5.88 Å². The van der Waals surface area contributed by atoms with Gasteiger partial charge in [-0.3, -0.25) is 4.68 Å². The van der Waals surface area contributed by atoms with Crippen LogP contribution in [0, 0.1) is 3.57 Å². The van der Waals surface area contributed by atoms with Gasteiger partial charge in [-0.05, 0) is 54.6 Å². The Kier molecular flexibility index (Phi) is 6.91. The molecule has 0 aliphatic heterocycles. The van der Waals surface area contributed by atoms with E-state index in [9.17, 15) is 5.11 Å². The number of aromatic nitrogens is 2. The first-order valence-electron chi connectivity index (χ1n) is 7.69. The molecule has 1 aromatic rings. The van der Waals surface area contributed by atoms with E-state index in [1.807, 2.05) is 11.6 Å². The summed E-state index contributed by atoms with van der Waals surface area (Å²) in [7, 11) is -1.79. The van der Waals surface area contributed by atoms with Crippen LogP contribution in [-0.2, 0) is 11.0 Å². The highest BCUT2D eigenvalue weighted by atomic mass is 127. The lowest BCUT2D eigenvalue weighted by Crippen LogP contribution is -2.42. The van der Waals surface area contributed by atoms with E-state index in [2.05, 4.69) is 68.5 Å². The number of halogens is 1. The van der Waals surface area contributed by atoms with Crippen molar-refractivity contribution in [2.45, 2.75) is 65.4 Å². The Bertz CT molecular complexity index is 498. The van der Waals surface area contributed by atoms with Crippen molar-refractivity contribution in [2.75, 3.05) is 13.2 Å². The topological polar surface area (TPSA) is 56.5 Å². The zero-order chi connectivity index (χ0) is 17.1. The first kappa shape index (κ1) is 19.9. The minimum absolute atomic E-state index is 0.0528. The smallest absolute Gasteiger partial charge is 0.246 e. The van der Waals surface area contributed by atoms with Gasteiger partial charge in [-0.1, -0.05) is 20.8 Å². The molecule has 1 rings (SSSR count). The van der Waals surface area contributed by atoms with E-state index >= 15 is 0 Å². The van der Waals surface area contributed by atoms with Crippen LogP contribution in [0.2, 0.25) is 18.1 Å². The van der Waals surface area contributed by atoms with E-state index in [-0.39, 0.29) is 17.7 Å². The highest BCUT2D eigenvalue weighted by molar-refractivity contribution is 14.1. The fourth-order valence-electron chi connectivity index (χ4n) is 1.78. The Morgan fingerprint density at radius 2 is 1.95 bits per heavy atom. The molecule has 0 aromatic carbocycles. The summed E-state index contributed by atoms with van der Waals surface area (Å²) in [4.78, 5) is 0. The minimum Gasteiger partial charge on any atom is -0.476 e. The van der Waals surface area contributed by atoms with Gasteiger partial charge in [-0.2, -0.15) is 0 Å². The lowest BCUT2D eigenvalue weighted by atomic mass is 10.2. The third-order valence-corrected chi connectivity index (χ3v) is 9.84. The van der Waals surface area contributed by atoms with Crippen molar-refractivity contribution in [1.82, 2.24) is 9.78 Å². The van der Waals surface area contributed by atoms with Gasteiger partial charge in [0, 0.05) is 0 Å². The number of hydrogen-bond acceptors (Lipinski definition) is 4. The lowest BCUT2D eigenvalue weighted by Gasteiger charge is -2.37. The summed E-state index contributed by atoms with van der Waals surface area (Å²) in [5, 5.41) is 14.3. The van der Waals surface area contributed by atoms with Crippen molar-refractivity contribution >= 4 is 30.9 Å². The van der Waals surface area contributed by atoms with Crippen molar-refractivity contribution < 1.29 is 14.3 Å². The highest BCUT2D eigenvalue weighted by Gasteiger charge is 2.37. The van der Waals surface area contributed by atoms with Crippen LogP contribution in [0.25, 0.3) is 0 Å². The second-order valence-electron chi connectivity index (χ2n) is 7.02. The summed E-state index contributed by atoms with van der Waals surface area (Å²) in [5.41, 5.74) is 0.787. The second-order valence-corrected chi connectivity index (χ2v) is 12.9. The summed E-state index contributed by atoms with van der Waals surface area (Å²) in [6, 6.07) is 0.0546. The van der Waals surface area contributed by atoms with Gasteiger partial charge in [0.05, 0.1) is 31.6 Å². The molecule has 0 aliphatic carbocycles. The van der Waals surface area contributed by atoms with Gasteiger partial charge in [0.25, 0.3) is 0 Å². The quantitative estimate of drug-likeness (QED) is 0.515. The standard InChI is InChI=1S/C15H29IN2O3Si/c1-8-20-14-13(16)12(9-19)18(17-14)11(2)10-21-22(6,7)15(3,4)5/h11,19H,8-10H2,1-7H3/t11-/m0/s1. The third kappa shape index (κ3) is 4.45. The molecule has 1 N–H and O–H groups in total. The normalized spacial score (nSPS) is 14.2. The largest absolute Gasteiger partial charge is 0.476 e. The Hall–Kier alpha value is -0.123. The molecule has 128 valence electrons. The van der Waals surface area contributed by atoms with Crippen molar-refractivity contribution in [1.29, 1.82) is 0 Å². The molecular formula is C15H29IN2O3Si. The van der Waals surface area contributed by atoms with Gasteiger partial charge in [-0.25, -0.2) is 0 Å². The monoisotopic (exact) mass is 440 g/mol. The Morgan fingerprint density at radius 1 is 1.36 bits per heavy atom. The van der Waals surface area contributed by atoms with Crippen molar-refractivity contribution in [3.05, 3.63) is 9.26 Å². The van der Waals surface area contributed by atoms with Crippen molar-refractivity contribution in [3.8, 4) is 5.88 Å². The summed E-state index contributed by atoms with van der Waals surface area (Å²) in [6.45, 7) is 16.3. The van der Waals surface area contributed by atoms with E-state index in [0.29, 0.717) is 19.1 Å². The predicted molar refractivity (Wildman–Crippen MR) is 99.9 cm³/mol. The zero-order valence-electron chi connectivity index (χ0n) is 14.7. The highest BCUT2D eigenvalue weighted by Crippen LogP contribution is 2.37. The molecule has 22 heavy (non-hydrogen) atoms. The van der Waals surface area contributed by atoms with E-state index in [4.69, 9.17) is 9.16 Å². The van der Waals surface area contributed by atoms with E-state index in [1.54, 1.807) is 0 Å². The Morgan fingerprint density at radius 3 is 2.41 bits per heavy atom. The van der Waals surface area contributed by atoms with Gasteiger partial charge >= 0.3 is 0 Å². The maximum Gasteiger partial charge on any atom is 0.246 e. The van der Waals surface area contributed by atoms with Gasteiger partial charge in [0.1, 0.15) is 3.57 Å². The first-order valence-corrected chi connectivity index (χ1v) is 11.7. The van der Waals surface area contributed by atoms with Crippen LogP contribution in [-0.4, -0.2) is 36.4 Å². The van der Waals surface area contributed by atoms with E-state index < -0.39 is 8.32 Å². The van der Waals surface area contributed by atoms with Crippen LogP contribution in [0.1, 0.15) is 46.4 Å². The number of hydrogen-bond donors (Lipinski definition) is 1. The van der Waals surface area contributed by atoms with Crippen LogP contribution in [0.4, 0.5) is 0 Å². The summed E-state index contributed by atoms with van der Waals surface area (Å²) >= 11 is 2.18. The molecule has 0 bridgehead atoms. The Labute approximate surface area is 148 Å². The molecule has 1 heterocycles. The molecule has 0 saturated heterocycles. The van der Waals surface area contributed by atoms with Crippen LogP contribution in [0.15, 0.2) is 0 Å². The zero-order valence-corrected chi connectivity index (χ0v) is 17.9. The molecule has 0 aliphatic rings. The number of ether oxygens (including phenoxy) is 1. The number of aliphatic hydroxyl groups excluding tert-OH is 1. The van der Waals surface area contributed by atoms with Crippen molar-refractivity contribution in [3.63, 3.8) is 0 Å². The average molecular weight is 440 g/mol.